The van der Waals surface area contributed by atoms with E-state index < -0.39 is 6.04 Å². The first kappa shape index (κ1) is 16.1. The van der Waals surface area contributed by atoms with Crippen molar-refractivity contribution < 1.29 is 9.59 Å². The third kappa shape index (κ3) is 4.96. The van der Waals surface area contributed by atoms with Gasteiger partial charge in [-0.3, -0.25) is 9.59 Å². The van der Waals surface area contributed by atoms with E-state index in [1.54, 1.807) is 13.1 Å². The minimum atomic E-state index is -0.432. The number of nitrogens with one attached hydrogen (secondary N) is 2. The molecular formula is C12H22N6O2. The van der Waals surface area contributed by atoms with E-state index in [0.717, 1.165) is 12.8 Å². The number of amides is 2. The van der Waals surface area contributed by atoms with Gasteiger partial charge in [0.1, 0.15) is 11.7 Å². The molecule has 2 amide bonds. The number of carbonyl (C=O) groups excluding carboxylic acids is 2. The van der Waals surface area contributed by atoms with E-state index in [-0.39, 0.29) is 24.9 Å². The first-order valence-electron chi connectivity index (χ1n) is 6.73. The highest BCUT2D eigenvalue weighted by atomic mass is 16.2. The second-order valence-corrected chi connectivity index (χ2v) is 4.49. The van der Waals surface area contributed by atoms with Gasteiger partial charge >= 0.3 is 0 Å². The average molecular weight is 282 g/mol. The third-order valence-corrected chi connectivity index (χ3v) is 2.82. The van der Waals surface area contributed by atoms with E-state index in [0.29, 0.717) is 12.2 Å². The quantitative estimate of drug-likeness (QED) is 0.547. The van der Waals surface area contributed by atoms with Crippen LogP contribution in [0.3, 0.4) is 0 Å². The van der Waals surface area contributed by atoms with Crippen LogP contribution >= 0.6 is 0 Å². The number of hydrogen-bond donors (Lipinski definition) is 3. The van der Waals surface area contributed by atoms with Crippen molar-refractivity contribution in [2.75, 3.05) is 13.1 Å². The highest BCUT2D eigenvalue weighted by molar-refractivity contribution is 5.79. The van der Waals surface area contributed by atoms with E-state index in [1.165, 1.54) is 4.68 Å². The van der Waals surface area contributed by atoms with Crippen molar-refractivity contribution in [1.29, 1.82) is 0 Å². The van der Waals surface area contributed by atoms with E-state index in [2.05, 4.69) is 27.9 Å². The fourth-order valence-corrected chi connectivity index (χ4v) is 1.50. The summed E-state index contributed by atoms with van der Waals surface area (Å²) in [5, 5.41) is 13.2. The summed E-state index contributed by atoms with van der Waals surface area (Å²) < 4.78 is 1.48. The van der Waals surface area contributed by atoms with Crippen LogP contribution in [-0.2, 0) is 16.1 Å². The molecule has 0 spiro atoms. The van der Waals surface area contributed by atoms with Gasteiger partial charge in [-0.05, 0) is 13.3 Å². The maximum atomic E-state index is 11.9. The molecule has 1 atom stereocenters. The normalized spacial score (nSPS) is 11.9. The Bertz CT molecular complexity index is 445. The minimum Gasteiger partial charge on any atom is -0.354 e. The van der Waals surface area contributed by atoms with Gasteiger partial charge in [0, 0.05) is 6.54 Å². The zero-order chi connectivity index (χ0) is 15.0. The Hall–Kier alpha value is -1.96. The smallest absolute Gasteiger partial charge is 0.244 e. The van der Waals surface area contributed by atoms with Gasteiger partial charge in [-0.2, -0.15) is 0 Å². The van der Waals surface area contributed by atoms with Gasteiger partial charge in [0.15, 0.2) is 0 Å². The number of hydrogen-bond acceptors (Lipinski definition) is 5. The zero-order valence-electron chi connectivity index (χ0n) is 11.9. The van der Waals surface area contributed by atoms with Crippen LogP contribution in [0.1, 0.15) is 38.4 Å². The molecule has 20 heavy (non-hydrogen) atoms. The van der Waals surface area contributed by atoms with Gasteiger partial charge in [0.05, 0.1) is 19.3 Å². The molecule has 1 heterocycles. The van der Waals surface area contributed by atoms with Crippen LogP contribution in [0, 0.1) is 0 Å². The summed E-state index contributed by atoms with van der Waals surface area (Å²) >= 11 is 0. The summed E-state index contributed by atoms with van der Waals surface area (Å²) in [5.41, 5.74) is 5.76. The lowest BCUT2D eigenvalue weighted by atomic mass is 10.3. The Morgan fingerprint density at radius 2 is 2.20 bits per heavy atom. The van der Waals surface area contributed by atoms with Crippen LogP contribution in [-0.4, -0.2) is 39.9 Å². The maximum absolute atomic E-state index is 11.9. The number of nitrogens with two attached hydrogens (primary N) is 1. The van der Waals surface area contributed by atoms with E-state index in [1.807, 2.05) is 0 Å². The van der Waals surface area contributed by atoms with Gasteiger partial charge in [-0.1, -0.05) is 18.6 Å². The van der Waals surface area contributed by atoms with Crippen molar-refractivity contribution >= 4 is 11.8 Å². The number of rotatable bonds is 8. The van der Waals surface area contributed by atoms with Crippen molar-refractivity contribution in [3.05, 3.63) is 11.9 Å². The monoisotopic (exact) mass is 282 g/mol. The highest BCUT2D eigenvalue weighted by Crippen LogP contribution is 2.04. The zero-order valence-corrected chi connectivity index (χ0v) is 11.9. The summed E-state index contributed by atoms with van der Waals surface area (Å²) in [6, 6.07) is -0.432. The van der Waals surface area contributed by atoms with Crippen molar-refractivity contribution in [1.82, 2.24) is 25.6 Å². The topological polar surface area (TPSA) is 115 Å². The maximum Gasteiger partial charge on any atom is 0.244 e. The summed E-state index contributed by atoms with van der Waals surface area (Å²) in [7, 11) is 0. The molecule has 1 rings (SSSR count). The molecule has 4 N–H and O–H groups in total. The number of unbranched alkanes of at least 4 members (excludes halogenated alkanes) is 1. The lowest BCUT2D eigenvalue weighted by Crippen LogP contribution is -2.32. The van der Waals surface area contributed by atoms with E-state index in [9.17, 15) is 9.59 Å². The molecule has 0 saturated heterocycles. The Balaban J connectivity index is 2.48. The van der Waals surface area contributed by atoms with E-state index in [4.69, 9.17) is 5.73 Å². The Labute approximate surface area is 118 Å². The Kier molecular flexibility index (Phi) is 6.65. The standard InChI is InChI=1S/C12H22N6O2/c1-3-4-5-14-12(20)9(2)18-8-10(16-17-18)7-15-11(19)6-13/h8-9H,3-7,13H2,1-2H3,(H,14,20)(H,15,19). The van der Waals surface area contributed by atoms with E-state index >= 15 is 0 Å². The van der Waals surface area contributed by atoms with Gasteiger partial charge in [-0.25, -0.2) is 4.68 Å². The van der Waals surface area contributed by atoms with Crippen LogP contribution in [0.4, 0.5) is 0 Å². The largest absolute Gasteiger partial charge is 0.354 e. The summed E-state index contributed by atoms with van der Waals surface area (Å²) in [6.07, 6.45) is 3.62. The van der Waals surface area contributed by atoms with Crippen LogP contribution < -0.4 is 16.4 Å². The molecular weight excluding hydrogens is 260 g/mol. The molecule has 0 aliphatic rings. The summed E-state index contributed by atoms with van der Waals surface area (Å²) in [5.74, 6) is -0.356. The summed E-state index contributed by atoms with van der Waals surface area (Å²) in [6.45, 7) is 4.66. The molecule has 1 aromatic heterocycles. The molecule has 0 fully saturated rings. The molecule has 0 saturated carbocycles. The second-order valence-electron chi connectivity index (χ2n) is 4.49. The van der Waals surface area contributed by atoms with Crippen molar-refractivity contribution in [2.45, 2.75) is 39.3 Å². The molecule has 8 heteroatoms. The van der Waals surface area contributed by atoms with Crippen LogP contribution in [0.5, 0.6) is 0 Å². The number of nitrogens with zero attached hydrogens (tertiary/aromatic N) is 3. The fourth-order valence-electron chi connectivity index (χ4n) is 1.50. The molecule has 0 aliphatic heterocycles. The van der Waals surface area contributed by atoms with Gasteiger partial charge in [0.2, 0.25) is 11.8 Å². The second kappa shape index (κ2) is 8.26. The molecule has 0 aromatic carbocycles. The van der Waals surface area contributed by atoms with Crippen LogP contribution in [0.2, 0.25) is 0 Å². The van der Waals surface area contributed by atoms with Gasteiger partial charge in [0.25, 0.3) is 0 Å². The van der Waals surface area contributed by atoms with Crippen molar-refractivity contribution in [3.63, 3.8) is 0 Å². The third-order valence-electron chi connectivity index (χ3n) is 2.82. The lowest BCUT2D eigenvalue weighted by molar-refractivity contribution is -0.124. The predicted molar refractivity (Wildman–Crippen MR) is 73.6 cm³/mol. The fraction of sp³-hybridized carbons (Fsp3) is 0.667. The Morgan fingerprint density at radius 3 is 2.85 bits per heavy atom. The first-order chi connectivity index (χ1) is 9.58. The van der Waals surface area contributed by atoms with Crippen LogP contribution in [0.25, 0.3) is 0 Å². The first-order valence-corrected chi connectivity index (χ1v) is 6.73. The molecule has 0 radical (unpaired) electrons. The van der Waals surface area contributed by atoms with Crippen molar-refractivity contribution in [2.24, 2.45) is 5.73 Å². The SMILES string of the molecule is CCCCNC(=O)C(C)n1cc(CNC(=O)CN)nn1. The highest BCUT2D eigenvalue weighted by Gasteiger charge is 2.16. The predicted octanol–water partition coefficient (Wildman–Crippen LogP) is -0.670. The molecule has 1 unspecified atom stereocenters. The molecule has 112 valence electrons. The summed E-state index contributed by atoms with van der Waals surface area (Å²) in [4.78, 5) is 22.9. The molecule has 8 nitrogen and oxygen atoms in total. The molecule has 1 aromatic rings. The Morgan fingerprint density at radius 1 is 1.45 bits per heavy atom. The van der Waals surface area contributed by atoms with Gasteiger partial charge in [-0.15, -0.1) is 5.10 Å². The molecule has 0 aliphatic carbocycles. The number of aromatic nitrogens is 3. The van der Waals surface area contributed by atoms with Gasteiger partial charge < -0.3 is 16.4 Å². The minimum absolute atomic E-state index is 0.0651. The average Bonchev–Trinajstić information content (AvgIpc) is 2.92. The lowest BCUT2D eigenvalue weighted by Gasteiger charge is -2.11. The van der Waals surface area contributed by atoms with Crippen LogP contribution in [0.15, 0.2) is 6.20 Å². The molecule has 0 bridgehead atoms. The number of carbonyl (C=O) groups is 2. The van der Waals surface area contributed by atoms with Crippen molar-refractivity contribution in [3.8, 4) is 0 Å².